The number of hydrogen-bond acceptors (Lipinski definition) is 7. The van der Waals surface area contributed by atoms with E-state index >= 15 is 0 Å². The number of rotatable bonds is 6. The highest BCUT2D eigenvalue weighted by molar-refractivity contribution is 5.93. The van der Waals surface area contributed by atoms with Gasteiger partial charge in [-0.3, -0.25) is 14.6 Å². The van der Waals surface area contributed by atoms with Crippen LogP contribution < -0.4 is 0 Å². The molecule has 0 amide bonds. The first-order chi connectivity index (χ1) is 10.8. The topological polar surface area (TPSA) is 104 Å². The number of Topliss-reactive ketones (excluding diaryl/α,β-unsaturated/α-hetero) is 1. The van der Waals surface area contributed by atoms with Crippen molar-refractivity contribution >= 4 is 5.78 Å². The third-order valence-electron chi connectivity index (χ3n) is 5.86. The second-order valence-corrected chi connectivity index (χ2v) is 7.87. The van der Waals surface area contributed by atoms with Crippen LogP contribution in [-0.4, -0.2) is 93.3 Å². The van der Waals surface area contributed by atoms with Crippen LogP contribution in [0.2, 0.25) is 0 Å². The van der Waals surface area contributed by atoms with Crippen LogP contribution in [0.1, 0.15) is 26.7 Å². The van der Waals surface area contributed by atoms with Gasteiger partial charge >= 0.3 is 0 Å². The smallest absolute Gasteiger partial charge is 0.150 e. The molecule has 0 aromatic carbocycles. The Morgan fingerprint density at radius 1 is 1.17 bits per heavy atom. The largest absolute Gasteiger partial charge is 0.394 e. The zero-order valence-corrected chi connectivity index (χ0v) is 13.9. The molecule has 7 nitrogen and oxygen atoms in total. The molecule has 0 radical (unpaired) electrons. The van der Waals surface area contributed by atoms with Crippen molar-refractivity contribution in [3.05, 3.63) is 0 Å². The summed E-state index contributed by atoms with van der Waals surface area (Å²) in [5.74, 6) is 0.336. The van der Waals surface area contributed by atoms with Gasteiger partial charge < -0.3 is 20.4 Å². The van der Waals surface area contributed by atoms with E-state index in [-0.39, 0.29) is 5.41 Å². The molecule has 23 heavy (non-hydrogen) atoms. The summed E-state index contributed by atoms with van der Waals surface area (Å²) in [4.78, 5) is 17.1. The van der Waals surface area contributed by atoms with Crippen molar-refractivity contribution in [2.45, 2.75) is 51.2 Å². The highest BCUT2D eigenvalue weighted by Gasteiger charge is 2.64. The fourth-order valence-corrected chi connectivity index (χ4v) is 5.11. The molecule has 0 spiro atoms. The number of aliphatic hydroxyl groups is 4. The Morgan fingerprint density at radius 2 is 1.74 bits per heavy atom. The van der Waals surface area contributed by atoms with Crippen molar-refractivity contribution in [2.24, 2.45) is 10.8 Å². The van der Waals surface area contributed by atoms with Gasteiger partial charge in [-0.15, -0.1) is 0 Å². The fourth-order valence-electron chi connectivity index (χ4n) is 5.11. The first kappa shape index (κ1) is 17.3. The standard InChI is InChI=1S/C16H28N2O5/c1-3-4-16-8-17-6-15(2,14(16)23)7-18(9-16)13(17)12(22)11(21)10(20)5-19/h10-13,19-22H,3-9H2,1-2H3/t10-,11-,12+,13?,15?,16?/m0/s1. The molecule has 4 heterocycles. The van der Waals surface area contributed by atoms with Crippen molar-refractivity contribution < 1.29 is 25.2 Å². The lowest BCUT2D eigenvalue weighted by molar-refractivity contribution is -0.229. The van der Waals surface area contributed by atoms with Crippen LogP contribution in [0.5, 0.6) is 0 Å². The van der Waals surface area contributed by atoms with Crippen LogP contribution in [0.3, 0.4) is 0 Å². The van der Waals surface area contributed by atoms with Gasteiger partial charge in [-0.25, -0.2) is 0 Å². The molecule has 2 unspecified atom stereocenters. The second kappa shape index (κ2) is 5.75. The van der Waals surface area contributed by atoms with Crippen LogP contribution in [0, 0.1) is 10.8 Å². The molecule has 4 aliphatic heterocycles. The van der Waals surface area contributed by atoms with E-state index in [1.54, 1.807) is 0 Å². The number of carbonyl (C=O) groups is 1. The van der Waals surface area contributed by atoms with Gasteiger partial charge in [0.15, 0.2) is 0 Å². The quantitative estimate of drug-likeness (QED) is 0.465. The summed E-state index contributed by atoms with van der Waals surface area (Å²) < 4.78 is 0. The Hall–Kier alpha value is -0.570. The molecule has 0 saturated carbocycles. The Bertz CT molecular complexity index is 469. The fraction of sp³-hybridized carbons (Fsp3) is 0.938. The Balaban J connectivity index is 1.86. The SMILES string of the molecule is CCCC12CN3CC(C)(CN(C1)C3[C@H](O)[C@@H](O)[C@@H](O)CO)C2=O. The third kappa shape index (κ3) is 2.45. The summed E-state index contributed by atoms with van der Waals surface area (Å²) in [6.45, 7) is 5.78. The van der Waals surface area contributed by atoms with Gasteiger partial charge in [0.05, 0.1) is 23.6 Å². The van der Waals surface area contributed by atoms with Crippen LogP contribution in [0.15, 0.2) is 0 Å². The molecule has 4 N–H and O–H groups in total. The number of piperidine rings is 2. The maximum atomic E-state index is 12.9. The number of nitrogens with zero attached hydrogens (tertiary/aromatic N) is 2. The normalized spacial score (nSPS) is 46.0. The number of ketones is 1. The molecule has 0 aliphatic carbocycles. The highest BCUT2D eigenvalue weighted by atomic mass is 16.4. The van der Waals surface area contributed by atoms with Gasteiger partial charge in [0, 0.05) is 26.2 Å². The van der Waals surface area contributed by atoms with Crippen LogP contribution in [0.25, 0.3) is 0 Å². The van der Waals surface area contributed by atoms with Gasteiger partial charge in [0.2, 0.25) is 0 Å². The summed E-state index contributed by atoms with van der Waals surface area (Å²) >= 11 is 0. The molecule has 0 aromatic heterocycles. The van der Waals surface area contributed by atoms with Crippen molar-refractivity contribution in [1.29, 1.82) is 0 Å². The van der Waals surface area contributed by atoms with Crippen molar-refractivity contribution in [2.75, 3.05) is 32.8 Å². The minimum atomic E-state index is -1.41. The third-order valence-corrected chi connectivity index (χ3v) is 5.86. The zero-order valence-electron chi connectivity index (χ0n) is 13.9. The molecule has 4 saturated heterocycles. The predicted octanol–water partition coefficient (Wildman–Crippen LogP) is -1.61. The maximum Gasteiger partial charge on any atom is 0.150 e. The van der Waals surface area contributed by atoms with Gasteiger partial charge in [-0.2, -0.15) is 0 Å². The Labute approximate surface area is 136 Å². The summed E-state index contributed by atoms with van der Waals surface area (Å²) in [6, 6.07) is 0. The van der Waals surface area contributed by atoms with E-state index < -0.39 is 36.5 Å². The molecular formula is C16H28N2O5. The number of aliphatic hydroxyl groups excluding tert-OH is 4. The Kier molecular flexibility index (Phi) is 4.32. The van der Waals surface area contributed by atoms with Crippen LogP contribution in [-0.2, 0) is 4.79 Å². The molecule has 5 atom stereocenters. The highest BCUT2D eigenvalue weighted by Crippen LogP contribution is 2.50. The first-order valence-corrected chi connectivity index (χ1v) is 8.46. The lowest BCUT2D eigenvalue weighted by Gasteiger charge is -2.66. The van der Waals surface area contributed by atoms with E-state index in [0.717, 1.165) is 12.8 Å². The average Bonchev–Trinajstić information content (AvgIpc) is 2.49. The van der Waals surface area contributed by atoms with Gasteiger partial charge in [-0.05, 0) is 6.42 Å². The monoisotopic (exact) mass is 328 g/mol. The zero-order chi connectivity index (χ0) is 17.0. The average molecular weight is 328 g/mol. The molecular weight excluding hydrogens is 300 g/mol. The van der Waals surface area contributed by atoms with Gasteiger partial charge in [0.1, 0.15) is 24.1 Å². The van der Waals surface area contributed by atoms with Crippen LogP contribution >= 0.6 is 0 Å². The molecule has 0 aromatic rings. The molecule has 132 valence electrons. The first-order valence-electron chi connectivity index (χ1n) is 8.46. The molecule has 4 rings (SSSR count). The van der Waals surface area contributed by atoms with E-state index in [1.165, 1.54) is 0 Å². The van der Waals surface area contributed by atoms with Crippen molar-refractivity contribution in [3.8, 4) is 0 Å². The van der Waals surface area contributed by atoms with E-state index in [1.807, 2.05) is 6.92 Å². The van der Waals surface area contributed by atoms with Crippen molar-refractivity contribution in [1.82, 2.24) is 9.80 Å². The number of hydrogen-bond donors (Lipinski definition) is 4. The van der Waals surface area contributed by atoms with Gasteiger partial charge in [-0.1, -0.05) is 20.3 Å². The van der Waals surface area contributed by atoms with E-state index in [4.69, 9.17) is 5.11 Å². The summed E-state index contributed by atoms with van der Waals surface area (Å²) in [5, 5.41) is 39.2. The van der Waals surface area contributed by atoms with Crippen molar-refractivity contribution in [3.63, 3.8) is 0 Å². The summed E-state index contributed by atoms with van der Waals surface area (Å²) in [7, 11) is 0. The Morgan fingerprint density at radius 3 is 2.22 bits per heavy atom. The second-order valence-electron chi connectivity index (χ2n) is 7.87. The predicted molar refractivity (Wildman–Crippen MR) is 82.5 cm³/mol. The minimum Gasteiger partial charge on any atom is -0.394 e. The molecule has 4 bridgehead atoms. The van der Waals surface area contributed by atoms with Crippen LogP contribution in [0.4, 0.5) is 0 Å². The lowest BCUT2D eigenvalue weighted by atomic mass is 9.59. The van der Waals surface area contributed by atoms with E-state index in [0.29, 0.717) is 32.0 Å². The van der Waals surface area contributed by atoms with E-state index in [2.05, 4.69) is 16.7 Å². The molecule has 4 aliphatic rings. The molecule has 4 fully saturated rings. The summed E-state index contributed by atoms with van der Waals surface area (Å²) in [5.41, 5.74) is -0.806. The lowest BCUT2D eigenvalue weighted by Crippen LogP contribution is -2.81. The van der Waals surface area contributed by atoms with Gasteiger partial charge in [0.25, 0.3) is 0 Å². The number of carbonyl (C=O) groups excluding carboxylic acids is 1. The minimum absolute atomic E-state index is 0.336. The molecule has 7 heteroatoms. The van der Waals surface area contributed by atoms with E-state index in [9.17, 15) is 20.1 Å². The summed E-state index contributed by atoms with van der Waals surface area (Å²) in [6.07, 6.45) is -2.62. The maximum absolute atomic E-state index is 12.9.